The fourth-order valence-corrected chi connectivity index (χ4v) is 4.34. The summed E-state index contributed by atoms with van der Waals surface area (Å²) in [6, 6.07) is 6.10. The van der Waals surface area contributed by atoms with Crippen molar-refractivity contribution >= 4 is 16.8 Å². The third-order valence-electron chi connectivity index (χ3n) is 5.60. The second-order valence-corrected chi connectivity index (χ2v) is 7.32. The number of nitrogens with one attached hydrogen (secondary N) is 1. The monoisotopic (exact) mass is 296 g/mol. The Morgan fingerprint density at radius 2 is 1.95 bits per heavy atom. The van der Waals surface area contributed by atoms with E-state index < -0.39 is 0 Å². The van der Waals surface area contributed by atoms with Crippen LogP contribution in [0, 0.1) is 11.8 Å². The molecule has 2 unspecified atom stereocenters. The molecule has 1 aromatic heterocycles. The second-order valence-electron chi connectivity index (χ2n) is 7.32. The van der Waals surface area contributed by atoms with Crippen molar-refractivity contribution in [3.63, 3.8) is 0 Å². The number of hydrogen-bond acceptors (Lipinski definition) is 1. The van der Waals surface area contributed by atoms with Gasteiger partial charge in [0.2, 0.25) is 0 Å². The molecule has 1 N–H and O–H groups in total. The van der Waals surface area contributed by atoms with E-state index >= 15 is 0 Å². The molecule has 1 aliphatic carbocycles. The van der Waals surface area contributed by atoms with E-state index in [0.29, 0.717) is 5.92 Å². The lowest BCUT2D eigenvalue weighted by Crippen LogP contribution is -2.29. The van der Waals surface area contributed by atoms with Crippen molar-refractivity contribution in [2.75, 3.05) is 13.1 Å². The largest absolute Gasteiger partial charge is 0.361 e. The number of carbonyl (C=O) groups excluding carboxylic acids is 1. The smallest absolute Gasteiger partial charge is 0.253 e. The number of aromatic amines is 1. The maximum atomic E-state index is 12.8. The fourth-order valence-electron chi connectivity index (χ4n) is 4.34. The van der Waals surface area contributed by atoms with E-state index in [9.17, 15) is 4.79 Å². The van der Waals surface area contributed by atoms with Gasteiger partial charge in [-0.3, -0.25) is 4.79 Å². The number of nitrogens with zero attached hydrogens (tertiary/aromatic N) is 1. The van der Waals surface area contributed by atoms with Gasteiger partial charge in [-0.05, 0) is 54.4 Å². The van der Waals surface area contributed by atoms with Crippen molar-refractivity contribution in [1.82, 2.24) is 9.88 Å². The minimum absolute atomic E-state index is 0.215. The highest BCUT2D eigenvalue weighted by Crippen LogP contribution is 2.38. The van der Waals surface area contributed by atoms with E-state index in [-0.39, 0.29) is 5.91 Å². The molecule has 22 heavy (non-hydrogen) atoms. The zero-order valence-corrected chi connectivity index (χ0v) is 13.4. The molecule has 1 saturated heterocycles. The lowest BCUT2D eigenvalue weighted by atomic mass is 10.0. The molecule has 0 bridgehead atoms. The Morgan fingerprint density at radius 3 is 2.64 bits per heavy atom. The van der Waals surface area contributed by atoms with Crippen LogP contribution in [0.1, 0.15) is 54.9 Å². The lowest BCUT2D eigenvalue weighted by molar-refractivity contribution is 0.0781. The highest BCUT2D eigenvalue weighted by atomic mass is 16.2. The third-order valence-corrected chi connectivity index (χ3v) is 5.60. The summed E-state index contributed by atoms with van der Waals surface area (Å²) in [6.45, 7) is 6.31. The van der Waals surface area contributed by atoms with Crippen LogP contribution in [0.5, 0.6) is 0 Å². The van der Waals surface area contributed by atoms with Gasteiger partial charge in [0.15, 0.2) is 0 Å². The number of rotatable bonds is 2. The van der Waals surface area contributed by atoms with Gasteiger partial charge in [-0.25, -0.2) is 0 Å². The van der Waals surface area contributed by atoms with Crippen LogP contribution in [-0.2, 0) is 0 Å². The Hall–Kier alpha value is -1.77. The summed E-state index contributed by atoms with van der Waals surface area (Å²) in [7, 11) is 0. The topological polar surface area (TPSA) is 36.1 Å². The van der Waals surface area contributed by atoms with Crippen molar-refractivity contribution in [3.05, 3.63) is 35.5 Å². The van der Waals surface area contributed by atoms with E-state index in [0.717, 1.165) is 36.0 Å². The quantitative estimate of drug-likeness (QED) is 0.887. The highest BCUT2D eigenvalue weighted by molar-refractivity contribution is 5.99. The number of benzene rings is 1. The highest BCUT2D eigenvalue weighted by Gasteiger charge is 2.38. The molecule has 2 heterocycles. The molecule has 1 saturated carbocycles. The first-order valence-electron chi connectivity index (χ1n) is 8.54. The average molecular weight is 296 g/mol. The zero-order chi connectivity index (χ0) is 15.3. The van der Waals surface area contributed by atoms with E-state index in [1.165, 1.54) is 30.2 Å². The minimum Gasteiger partial charge on any atom is -0.361 e. The summed E-state index contributed by atoms with van der Waals surface area (Å²) >= 11 is 0. The fraction of sp³-hybridized carbons (Fsp3) is 0.526. The molecule has 4 rings (SSSR count). The van der Waals surface area contributed by atoms with Crippen LogP contribution in [0.15, 0.2) is 24.4 Å². The summed E-state index contributed by atoms with van der Waals surface area (Å²) in [6.07, 6.45) is 6.04. The van der Waals surface area contributed by atoms with Crippen LogP contribution < -0.4 is 0 Å². The number of likely N-dealkylation sites (tertiary alicyclic amines) is 1. The molecule has 3 heteroatoms. The van der Waals surface area contributed by atoms with Crippen LogP contribution in [0.3, 0.4) is 0 Å². The van der Waals surface area contributed by atoms with Crippen LogP contribution in [0.2, 0.25) is 0 Å². The van der Waals surface area contributed by atoms with Crippen LogP contribution in [-0.4, -0.2) is 28.9 Å². The zero-order valence-electron chi connectivity index (χ0n) is 13.4. The minimum atomic E-state index is 0.215. The summed E-state index contributed by atoms with van der Waals surface area (Å²) < 4.78 is 0. The van der Waals surface area contributed by atoms with E-state index in [2.05, 4.69) is 36.0 Å². The lowest BCUT2D eigenvalue weighted by Gasteiger charge is -2.17. The van der Waals surface area contributed by atoms with Crippen molar-refractivity contribution in [2.45, 2.75) is 39.0 Å². The number of H-pyrrole nitrogens is 1. The molecular formula is C19H24N2O. The first kappa shape index (κ1) is 13.9. The molecule has 116 valence electrons. The maximum absolute atomic E-state index is 12.8. The van der Waals surface area contributed by atoms with Gasteiger partial charge in [0.25, 0.3) is 5.91 Å². The molecule has 0 spiro atoms. The molecule has 2 aliphatic rings. The Morgan fingerprint density at radius 1 is 1.23 bits per heavy atom. The van der Waals surface area contributed by atoms with Crippen LogP contribution in [0.4, 0.5) is 0 Å². The number of carbonyl (C=O) groups is 1. The van der Waals surface area contributed by atoms with Gasteiger partial charge in [0.1, 0.15) is 0 Å². The first-order chi connectivity index (χ1) is 10.6. The van der Waals surface area contributed by atoms with Gasteiger partial charge < -0.3 is 9.88 Å². The van der Waals surface area contributed by atoms with E-state index in [1.54, 1.807) is 0 Å². The molecule has 2 fully saturated rings. The molecule has 2 aromatic rings. The van der Waals surface area contributed by atoms with Gasteiger partial charge >= 0.3 is 0 Å². The van der Waals surface area contributed by atoms with Crippen LogP contribution >= 0.6 is 0 Å². The van der Waals surface area contributed by atoms with Crippen molar-refractivity contribution < 1.29 is 4.79 Å². The van der Waals surface area contributed by atoms with Crippen molar-refractivity contribution in [2.24, 2.45) is 11.8 Å². The van der Waals surface area contributed by atoms with Crippen LogP contribution in [0.25, 0.3) is 10.9 Å². The molecule has 1 aromatic carbocycles. The SMILES string of the molecule is CC(C)c1c[nH]c2ccc(C(=O)N3CC4CCCC4C3)cc12. The Kier molecular flexibility index (Phi) is 3.24. The summed E-state index contributed by atoms with van der Waals surface area (Å²) in [5, 5.41) is 1.19. The third kappa shape index (κ3) is 2.15. The molecule has 3 nitrogen and oxygen atoms in total. The number of hydrogen-bond donors (Lipinski definition) is 1. The number of fused-ring (bicyclic) bond motifs is 2. The summed E-state index contributed by atoms with van der Waals surface area (Å²) in [5.74, 6) is 2.19. The molecule has 1 aliphatic heterocycles. The van der Waals surface area contributed by atoms with Gasteiger partial charge in [0.05, 0.1) is 0 Å². The predicted octanol–water partition coefficient (Wildman–Crippen LogP) is 4.16. The van der Waals surface area contributed by atoms with E-state index in [4.69, 9.17) is 0 Å². The average Bonchev–Trinajstić information content (AvgIpc) is 3.19. The van der Waals surface area contributed by atoms with Crippen molar-refractivity contribution in [3.8, 4) is 0 Å². The Labute approximate surface area is 131 Å². The first-order valence-corrected chi connectivity index (χ1v) is 8.54. The predicted molar refractivity (Wildman–Crippen MR) is 89.1 cm³/mol. The maximum Gasteiger partial charge on any atom is 0.253 e. The van der Waals surface area contributed by atoms with Gasteiger partial charge in [-0.1, -0.05) is 20.3 Å². The Balaban J connectivity index is 1.63. The van der Waals surface area contributed by atoms with Gasteiger partial charge in [-0.15, -0.1) is 0 Å². The molecule has 2 atom stereocenters. The normalized spacial score (nSPS) is 24.4. The Bertz CT molecular complexity index is 703. The van der Waals surface area contributed by atoms with Gasteiger partial charge in [-0.2, -0.15) is 0 Å². The standard InChI is InChI=1S/C19H24N2O/c1-12(2)17-9-20-18-7-6-13(8-16(17)18)19(22)21-10-14-4-3-5-15(14)11-21/h6-9,12,14-15,20H,3-5,10-11H2,1-2H3. The molecule has 0 radical (unpaired) electrons. The summed E-state index contributed by atoms with van der Waals surface area (Å²) in [4.78, 5) is 18.2. The summed E-state index contributed by atoms with van der Waals surface area (Å²) in [5.41, 5.74) is 3.26. The molecular weight excluding hydrogens is 272 g/mol. The molecule has 1 amide bonds. The van der Waals surface area contributed by atoms with E-state index in [1.807, 2.05) is 12.1 Å². The van der Waals surface area contributed by atoms with Crippen molar-refractivity contribution in [1.29, 1.82) is 0 Å². The number of aromatic nitrogens is 1. The second kappa shape index (κ2) is 5.15. The van der Waals surface area contributed by atoms with Gasteiger partial charge in [0, 0.05) is 35.8 Å². The number of amides is 1.